The van der Waals surface area contributed by atoms with Gasteiger partial charge in [-0.05, 0) is 35.4 Å². The number of hydrogen-bond donors (Lipinski definition) is 1. The van der Waals surface area contributed by atoms with Crippen molar-refractivity contribution in [3.8, 4) is 6.07 Å². The number of carbonyl (C=O) groups excluding carboxylic acids is 1. The number of hydrogen-bond acceptors (Lipinski definition) is 7. The maximum atomic E-state index is 12.1. The van der Waals surface area contributed by atoms with E-state index in [2.05, 4.69) is 26.9 Å². The van der Waals surface area contributed by atoms with Crippen LogP contribution in [0.25, 0.3) is 0 Å². The summed E-state index contributed by atoms with van der Waals surface area (Å²) in [5.74, 6) is 0.403. The summed E-state index contributed by atoms with van der Waals surface area (Å²) in [6.07, 6.45) is 2.55. The Morgan fingerprint density at radius 1 is 1.48 bits per heavy atom. The van der Waals surface area contributed by atoms with Gasteiger partial charge in [-0.15, -0.1) is 5.10 Å². The summed E-state index contributed by atoms with van der Waals surface area (Å²) >= 11 is 1.43. The van der Waals surface area contributed by atoms with Crippen molar-refractivity contribution in [3.05, 3.63) is 29.8 Å². The highest BCUT2D eigenvalue weighted by molar-refractivity contribution is 7.99. The molecular weight excluding hydrogens is 340 g/mol. The molecule has 25 heavy (non-hydrogen) atoms. The van der Waals surface area contributed by atoms with Crippen LogP contribution in [0.4, 0.5) is 5.69 Å². The van der Waals surface area contributed by atoms with Crippen LogP contribution in [0.2, 0.25) is 0 Å². The molecule has 1 amide bonds. The van der Waals surface area contributed by atoms with Gasteiger partial charge >= 0.3 is 0 Å². The van der Waals surface area contributed by atoms with Crippen molar-refractivity contribution in [2.75, 3.05) is 17.7 Å². The molecule has 0 saturated carbocycles. The van der Waals surface area contributed by atoms with E-state index in [0.29, 0.717) is 35.1 Å². The normalized spacial score (nSPS) is 16.5. The molecule has 1 N–H and O–H groups in total. The van der Waals surface area contributed by atoms with Gasteiger partial charge in [-0.1, -0.05) is 23.9 Å². The van der Waals surface area contributed by atoms with Crippen LogP contribution in [-0.2, 0) is 16.1 Å². The number of tetrazole rings is 1. The highest BCUT2D eigenvalue weighted by Crippen LogP contribution is 2.19. The number of anilines is 1. The Kier molecular flexibility index (Phi) is 5.98. The molecule has 1 aromatic carbocycles. The summed E-state index contributed by atoms with van der Waals surface area (Å²) in [7, 11) is 0. The summed E-state index contributed by atoms with van der Waals surface area (Å²) in [6, 6.07) is 8.99. The third kappa shape index (κ3) is 4.78. The molecular formula is C16H18N6O2S. The maximum Gasteiger partial charge on any atom is 0.225 e. The number of ether oxygens (including phenoxy) is 1. The summed E-state index contributed by atoms with van der Waals surface area (Å²) in [4.78, 5) is 12.1. The van der Waals surface area contributed by atoms with Crippen LogP contribution in [-0.4, -0.2) is 44.6 Å². The first-order valence-corrected chi connectivity index (χ1v) is 9.04. The zero-order chi connectivity index (χ0) is 17.5. The lowest BCUT2D eigenvalue weighted by atomic mass is 10.2. The van der Waals surface area contributed by atoms with Gasteiger partial charge < -0.3 is 10.1 Å². The summed E-state index contributed by atoms with van der Waals surface area (Å²) < 4.78 is 7.32. The second-order valence-corrected chi connectivity index (χ2v) is 6.64. The molecule has 9 heteroatoms. The lowest BCUT2D eigenvalue weighted by Gasteiger charge is -2.10. The minimum Gasteiger partial charge on any atom is -0.376 e. The molecule has 1 saturated heterocycles. The third-order valence-electron chi connectivity index (χ3n) is 3.78. The second-order valence-electron chi connectivity index (χ2n) is 5.58. The first kappa shape index (κ1) is 17.4. The van der Waals surface area contributed by atoms with Crippen LogP contribution in [0.15, 0.2) is 29.4 Å². The predicted molar refractivity (Wildman–Crippen MR) is 91.9 cm³/mol. The Morgan fingerprint density at radius 2 is 2.36 bits per heavy atom. The molecule has 0 aliphatic carbocycles. The Morgan fingerprint density at radius 3 is 3.16 bits per heavy atom. The van der Waals surface area contributed by atoms with Gasteiger partial charge in [0.25, 0.3) is 0 Å². The molecule has 0 unspecified atom stereocenters. The molecule has 1 atom stereocenters. The van der Waals surface area contributed by atoms with Crippen LogP contribution in [0.3, 0.4) is 0 Å². The van der Waals surface area contributed by atoms with E-state index in [0.717, 1.165) is 19.4 Å². The average molecular weight is 358 g/mol. The van der Waals surface area contributed by atoms with Gasteiger partial charge in [-0.2, -0.15) is 5.26 Å². The van der Waals surface area contributed by atoms with Gasteiger partial charge in [0.1, 0.15) is 6.07 Å². The number of amides is 1. The van der Waals surface area contributed by atoms with Crippen molar-refractivity contribution in [2.45, 2.75) is 37.1 Å². The van der Waals surface area contributed by atoms with Crippen molar-refractivity contribution >= 4 is 23.4 Å². The Balaban J connectivity index is 1.47. The number of nitrogens with one attached hydrogen (secondary N) is 1. The molecule has 1 aliphatic heterocycles. The molecule has 0 radical (unpaired) electrons. The number of aromatic nitrogens is 4. The number of nitriles is 1. The number of para-hydroxylation sites is 1. The van der Waals surface area contributed by atoms with Crippen LogP contribution in [0.1, 0.15) is 24.8 Å². The van der Waals surface area contributed by atoms with Gasteiger partial charge in [-0.3, -0.25) is 4.79 Å². The monoisotopic (exact) mass is 358 g/mol. The molecule has 1 aliphatic rings. The average Bonchev–Trinajstić information content (AvgIpc) is 3.28. The Labute approximate surface area is 149 Å². The molecule has 2 aromatic rings. The van der Waals surface area contributed by atoms with Crippen molar-refractivity contribution in [1.82, 2.24) is 20.2 Å². The number of carbonyl (C=O) groups is 1. The molecule has 2 heterocycles. The maximum absolute atomic E-state index is 12.1. The zero-order valence-electron chi connectivity index (χ0n) is 13.6. The lowest BCUT2D eigenvalue weighted by Crippen LogP contribution is -2.17. The number of nitrogens with zero attached hydrogens (tertiary/aromatic N) is 5. The quantitative estimate of drug-likeness (QED) is 0.753. The van der Waals surface area contributed by atoms with Crippen LogP contribution < -0.4 is 5.32 Å². The van der Waals surface area contributed by atoms with Crippen LogP contribution in [0, 0.1) is 11.3 Å². The van der Waals surface area contributed by atoms with Gasteiger partial charge in [-0.25, -0.2) is 4.68 Å². The van der Waals surface area contributed by atoms with E-state index in [1.807, 2.05) is 0 Å². The standard InChI is InChI=1S/C16H18N6O2S/c17-10-12-4-1-2-6-14(12)18-15(23)7-9-25-16-19-20-21-22(16)11-13-5-3-8-24-13/h1-2,4,6,13H,3,5,7-9,11H2,(H,18,23)/t13-/m0/s1. The zero-order valence-corrected chi connectivity index (χ0v) is 14.4. The number of benzene rings is 1. The largest absolute Gasteiger partial charge is 0.376 e. The first-order chi connectivity index (χ1) is 12.3. The highest BCUT2D eigenvalue weighted by atomic mass is 32.2. The van der Waals surface area contributed by atoms with Gasteiger partial charge in [0.05, 0.1) is 23.9 Å². The topological polar surface area (TPSA) is 106 Å². The van der Waals surface area contributed by atoms with E-state index in [9.17, 15) is 4.79 Å². The van der Waals surface area contributed by atoms with E-state index in [4.69, 9.17) is 10.00 Å². The van der Waals surface area contributed by atoms with Gasteiger partial charge in [0, 0.05) is 18.8 Å². The summed E-state index contributed by atoms with van der Waals surface area (Å²) in [5, 5.41) is 24.2. The van der Waals surface area contributed by atoms with Gasteiger partial charge in [0.2, 0.25) is 11.1 Å². The molecule has 0 spiro atoms. The fourth-order valence-corrected chi connectivity index (χ4v) is 3.36. The molecule has 0 bridgehead atoms. The van der Waals surface area contributed by atoms with E-state index in [-0.39, 0.29) is 12.0 Å². The fraction of sp³-hybridized carbons (Fsp3) is 0.438. The van der Waals surface area contributed by atoms with Crippen LogP contribution in [0.5, 0.6) is 0 Å². The van der Waals surface area contributed by atoms with E-state index in [1.54, 1.807) is 28.9 Å². The minimum atomic E-state index is -0.145. The first-order valence-electron chi connectivity index (χ1n) is 8.06. The fourth-order valence-electron chi connectivity index (χ4n) is 2.53. The van der Waals surface area contributed by atoms with Crippen molar-refractivity contribution in [1.29, 1.82) is 5.26 Å². The molecule has 8 nitrogen and oxygen atoms in total. The number of rotatable bonds is 7. The van der Waals surface area contributed by atoms with Crippen molar-refractivity contribution < 1.29 is 9.53 Å². The summed E-state index contributed by atoms with van der Waals surface area (Å²) in [6.45, 7) is 1.43. The summed E-state index contributed by atoms with van der Waals surface area (Å²) in [5.41, 5.74) is 0.979. The number of thioether (sulfide) groups is 1. The Bertz CT molecular complexity index is 766. The van der Waals surface area contributed by atoms with E-state index < -0.39 is 0 Å². The lowest BCUT2D eigenvalue weighted by molar-refractivity contribution is -0.115. The van der Waals surface area contributed by atoms with Crippen LogP contribution >= 0.6 is 11.8 Å². The Hall–Kier alpha value is -2.44. The predicted octanol–water partition coefficient (Wildman–Crippen LogP) is 1.84. The van der Waals surface area contributed by atoms with E-state index in [1.165, 1.54) is 11.8 Å². The smallest absolute Gasteiger partial charge is 0.225 e. The second kappa shape index (κ2) is 8.60. The van der Waals surface area contributed by atoms with E-state index >= 15 is 0 Å². The molecule has 1 aromatic heterocycles. The molecule has 1 fully saturated rings. The molecule has 130 valence electrons. The van der Waals surface area contributed by atoms with Gasteiger partial charge in [0.15, 0.2) is 0 Å². The minimum absolute atomic E-state index is 0.145. The van der Waals surface area contributed by atoms with Crippen molar-refractivity contribution in [3.63, 3.8) is 0 Å². The highest BCUT2D eigenvalue weighted by Gasteiger charge is 2.19. The van der Waals surface area contributed by atoms with Crippen molar-refractivity contribution in [2.24, 2.45) is 0 Å². The molecule has 3 rings (SSSR count). The SMILES string of the molecule is N#Cc1ccccc1NC(=O)CCSc1nnnn1C[C@@H]1CCCO1. The third-order valence-corrected chi connectivity index (χ3v) is 4.74.